The Morgan fingerprint density at radius 2 is 1.62 bits per heavy atom. The second kappa shape index (κ2) is 9.78. The number of amides is 3. The molecule has 4 rings (SSSR count). The average Bonchev–Trinajstić information content (AvgIpc) is 3.03. The van der Waals surface area contributed by atoms with E-state index in [1.165, 1.54) is 0 Å². The molecule has 34 heavy (non-hydrogen) atoms. The number of anilines is 1. The maximum absolute atomic E-state index is 12.5. The lowest BCUT2D eigenvalue weighted by Gasteiger charge is -2.28. The second-order valence-electron chi connectivity index (χ2n) is 7.75. The van der Waals surface area contributed by atoms with Crippen molar-refractivity contribution in [2.75, 3.05) is 12.4 Å². The van der Waals surface area contributed by atoms with E-state index in [-0.39, 0.29) is 23.3 Å². The molecule has 2 atom stereocenters. The van der Waals surface area contributed by atoms with Crippen LogP contribution in [-0.2, 0) is 4.79 Å². The molecule has 174 valence electrons. The quantitative estimate of drug-likeness (QED) is 0.346. The summed E-state index contributed by atoms with van der Waals surface area (Å²) in [7, 11) is 1.87. The highest BCUT2D eigenvalue weighted by Crippen LogP contribution is 2.46. The summed E-state index contributed by atoms with van der Waals surface area (Å²) in [5.74, 6) is -2.15. The molecule has 8 nitrogen and oxygen atoms in total. The summed E-state index contributed by atoms with van der Waals surface area (Å²) >= 11 is 4.36. The van der Waals surface area contributed by atoms with E-state index in [2.05, 4.69) is 55.8 Å². The van der Waals surface area contributed by atoms with Gasteiger partial charge in [-0.2, -0.15) is 0 Å². The van der Waals surface area contributed by atoms with Gasteiger partial charge in [0.1, 0.15) is 5.76 Å². The smallest absolute Gasteiger partial charge is 0.339 e. The number of halogens is 2. The fraction of sp³-hybridized carbons (Fsp3) is 0.125. The normalized spacial score (nSPS) is 19.2. The number of urea groups is 1. The maximum Gasteiger partial charge on any atom is 0.339 e. The maximum atomic E-state index is 12.5. The van der Waals surface area contributed by atoms with Crippen LogP contribution in [0.25, 0.3) is 5.70 Å². The molecule has 3 amide bonds. The number of fused-ring (bicyclic) bond motifs is 1. The van der Waals surface area contributed by atoms with Crippen molar-refractivity contribution < 1.29 is 24.6 Å². The van der Waals surface area contributed by atoms with Crippen LogP contribution < -0.4 is 10.6 Å². The van der Waals surface area contributed by atoms with Crippen molar-refractivity contribution in [2.45, 2.75) is 6.04 Å². The topological polar surface area (TPSA) is 119 Å². The number of carbonyl (C=O) groups excluding carboxylic acids is 2. The van der Waals surface area contributed by atoms with Crippen LogP contribution in [-0.4, -0.2) is 46.1 Å². The van der Waals surface area contributed by atoms with Crippen molar-refractivity contribution in [3.63, 3.8) is 0 Å². The number of carbonyl (C=O) groups is 3. The SMILES string of the molecule is CN1C(c2ccc(C(=O)NC(=O)Nc3ccc(I)cc3)cc2)=C(I)C2C=C(C(=O)O)C(O)=CC21. The Balaban J connectivity index is 1.49. The summed E-state index contributed by atoms with van der Waals surface area (Å²) in [6.45, 7) is 0. The highest BCUT2D eigenvalue weighted by Gasteiger charge is 2.40. The van der Waals surface area contributed by atoms with Crippen molar-refractivity contribution in [3.05, 3.63) is 90.3 Å². The minimum atomic E-state index is -1.17. The number of carboxylic acids is 1. The largest absolute Gasteiger partial charge is 0.507 e. The highest BCUT2D eigenvalue weighted by atomic mass is 127. The monoisotopic (exact) mass is 683 g/mol. The summed E-state index contributed by atoms with van der Waals surface area (Å²) in [4.78, 5) is 38.1. The number of hydrogen-bond acceptors (Lipinski definition) is 5. The van der Waals surface area contributed by atoms with E-state index in [9.17, 15) is 24.6 Å². The fourth-order valence-electron chi connectivity index (χ4n) is 3.94. The molecule has 10 heteroatoms. The van der Waals surface area contributed by atoms with Crippen molar-refractivity contribution in [2.24, 2.45) is 5.92 Å². The molecule has 0 fully saturated rings. The van der Waals surface area contributed by atoms with E-state index in [0.29, 0.717) is 11.3 Å². The molecule has 2 unspecified atom stereocenters. The number of nitrogens with one attached hydrogen (secondary N) is 2. The minimum absolute atomic E-state index is 0.111. The van der Waals surface area contributed by atoms with Crippen LogP contribution in [0.1, 0.15) is 15.9 Å². The van der Waals surface area contributed by atoms with E-state index in [4.69, 9.17) is 0 Å². The number of aliphatic hydroxyl groups excluding tert-OH is 1. The number of nitrogens with zero attached hydrogens (tertiary/aromatic N) is 1. The number of benzene rings is 2. The summed E-state index contributed by atoms with van der Waals surface area (Å²) in [5.41, 5.74) is 2.50. The molecule has 0 radical (unpaired) electrons. The van der Waals surface area contributed by atoms with Gasteiger partial charge in [-0.05, 0) is 93.2 Å². The molecule has 1 aliphatic heterocycles. The van der Waals surface area contributed by atoms with E-state index in [0.717, 1.165) is 18.4 Å². The predicted molar refractivity (Wildman–Crippen MR) is 144 cm³/mol. The molecular formula is C24H19I2N3O5. The minimum Gasteiger partial charge on any atom is -0.507 e. The summed E-state index contributed by atoms with van der Waals surface area (Å²) < 4.78 is 1.96. The fourth-order valence-corrected chi connectivity index (χ4v) is 5.54. The Morgan fingerprint density at radius 1 is 0.971 bits per heavy atom. The molecule has 0 saturated carbocycles. The molecule has 0 aromatic heterocycles. The lowest BCUT2D eigenvalue weighted by molar-refractivity contribution is -0.132. The zero-order valence-electron chi connectivity index (χ0n) is 17.8. The Bertz CT molecular complexity index is 1270. The van der Waals surface area contributed by atoms with E-state index in [1.807, 2.05) is 24.1 Å². The van der Waals surface area contributed by atoms with Crippen LogP contribution in [0.2, 0.25) is 0 Å². The molecule has 2 aromatic carbocycles. The Hall–Kier alpha value is -2.87. The van der Waals surface area contributed by atoms with Crippen molar-refractivity contribution in [3.8, 4) is 0 Å². The Labute approximate surface area is 222 Å². The lowest BCUT2D eigenvalue weighted by atomic mass is 9.91. The third-order valence-electron chi connectivity index (χ3n) is 5.62. The van der Waals surface area contributed by atoms with Gasteiger partial charge >= 0.3 is 12.0 Å². The van der Waals surface area contributed by atoms with Crippen LogP contribution in [0.4, 0.5) is 10.5 Å². The molecular weight excluding hydrogens is 664 g/mol. The number of carboxylic acid groups (broad SMARTS) is 1. The molecule has 1 aliphatic carbocycles. The van der Waals surface area contributed by atoms with Gasteiger partial charge in [0.15, 0.2) is 0 Å². The highest BCUT2D eigenvalue weighted by molar-refractivity contribution is 14.1. The summed E-state index contributed by atoms with van der Waals surface area (Å²) in [6, 6.07) is 13.2. The van der Waals surface area contributed by atoms with Crippen molar-refractivity contribution >= 4 is 74.5 Å². The van der Waals surface area contributed by atoms with E-state index >= 15 is 0 Å². The van der Waals surface area contributed by atoms with Crippen molar-refractivity contribution in [1.29, 1.82) is 0 Å². The molecule has 4 N–H and O–H groups in total. The number of hydrogen-bond donors (Lipinski definition) is 4. The number of aliphatic carboxylic acids is 1. The van der Waals surface area contributed by atoms with Gasteiger partial charge in [-0.1, -0.05) is 18.2 Å². The standard InChI is InChI=1S/C24H19I2N3O5/c1-29-18-11-19(30)17(23(32)33)10-16(18)20(26)21(29)12-2-4-13(5-3-12)22(31)28-24(34)27-15-8-6-14(25)7-9-15/h2-11,16,18,30H,1H3,(H,32,33)(H2,27,28,31,34). The molecule has 0 spiro atoms. The van der Waals surface area contributed by atoms with Gasteiger partial charge in [0, 0.05) is 31.4 Å². The summed E-state index contributed by atoms with van der Waals surface area (Å²) in [5, 5.41) is 24.4. The van der Waals surface area contributed by atoms with Gasteiger partial charge < -0.3 is 20.4 Å². The number of imide groups is 1. The van der Waals surface area contributed by atoms with Crippen LogP contribution in [0.5, 0.6) is 0 Å². The van der Waals surface area contributed by atoms with Gasteiger partial charge in [-0.15, -0.1) is 0 Å². The van der Waals surface area contributed by atoms with E-state index < -0.39 is 17.9 Å². The van der Waals surface area contributed by atoms with Gasteiger partial charge in [0.2, 0.25) is 0 Å². The summed E-state index contributed by atoms with van der Waals surface area (Å²) in [6.07, 6.45) is 3.12. The Morgan fingerprint density at radius 3 is 2.24 bits per heavy atom. The second-order valence-corrected chi connectivity index (χ2v) is 10.2. The van der Waals surface area contributed by atoms with Crippen LogP contribution in [0, 0.1) is 9.49 Å². The lowest BCUT2D eigenvalue weighted by Crippen LogP contribution is -2.34. The molecule has 0 bridgehead atoms. The Kier molecular flexibility index (Phi) is 6.98. The third-order valence-corrected chi connectivity index (χ3v) is 7.57. The first-order valence-electron chi connectivity index (χ1n) is 10.1. The first-order valence-corrected chi connectivity index (χ1v) is 12.3. The zero-order chi connectivity index (χ0) is 24.6. The number of aliphatic hydroxyl groups is 1. The van der Waals surface area contributed by atoms with Crippen LogP contribution >= 0.6 is 45.2 Å². The number of likely N-dealkylation sites (N-methyl/N-ethyl adjacent to an activating group) is 1. The first kappa shape index (κ1) is 24.3. The van der Waals surface area contributed by atoms with Crippen LogP contribution in [0.3, 0.4) is 0 Å². The average molecular weight is 683 g/mol. The van der Waals surface area contributed by atoms with Gasteiger partial charge in [-0.3, -0.25) is 10.1 Å². The molecule has 1 heterocycles. The first-order chi connectivity index (χ1) is 16.2. The molecule has 0 saturated heterocycles. The van der Waals surface area contributed by atoms with Crippen molar-refractivity contribution in [1.82, 2.24) is 10.2 Å². The van der Waals surface area contributed by atoms with Gasteiger partial charge in [-0.25, -0.2) is 9.59 Å². The molecule has 2 aromatic rings. The van der Waals surface area contributed by atoms with Gasteiger partial charge in [0.05, 0.1) is 17.3 Å². The predicted octanol–water partition coefficient (Wildman–Crippen LogP) is 4.75. The zero-order valence-corrected chi connectivity index (χ0v) is 22.1. The van der Waals surface area contributed by atoms with Crippen LogP contribution in [0.15, 0.2) is 75.6 Å². The van der Waals surface area contributed by atoms with Gasteiger partial charge in [0.25, 0.3) is 5.91 Å². The third kappa shape index (κ3) is 4.82. The number of rotatable bonds is 4. The van der Waals surface area contributed by atoms with E-state index in [1.54, 1.807) is 48.6 Å². The molecule has 2 aliphatic rings.